The minimum Gasteiger partial charge on any atom is -0.379 e. The Morgan fingerprint density at radius 3 is 2.46 bits per heavy atom. The second kappa shape index (κ2) is 9.89. The molecule has 2 aliphatic heterocycles. The van der Waals surface area contributed by atoms with Gasteiger partial charge in [-0.2, -0.15) is 0 Å². The van der Waals surface area contributed by atoms with E-state index in [0.29, 0.717) is 17.2 Å². The van der Waals surface area contributed by atoms with E-state index in [4.69, 9.17) is 4.74 Å². The van der Waals surface area contributed by atoms with Crippen molar-refractivity contribution in [1.29, 1.82) is 0 Å². The van der Waals surface area contributed by atoms with Crippen LogP contribution in [0.15, 0.2) is 24.3 Å². The molecule has 1 aromatic rings. The number of carbonyl (C=O) groups excluding carboxylic acids is 2. The Balaban J connectivity index is 1.55. The van der Waals surface area contributed by atoms with Gasteiger partial charge in [0.2, 0.25) is 0 Å². The van der Waals surface area contributed by atoms with Gasteiger partial charge in [0, 0.05) is 38.8 Å². The number of piperidine rings is 1. The number of nitrogens with one attached hydrogen (secondary N) is 2. The fourth-order valence-corrected chi connectivity index (χ4v) is 3.84. The third-order valence-corrected chi connectivity index (χ3v) is 5.35. The average Bonchev–Trinajstić information content (AvgIpc) is 2.69. The Kier molecular flexibility index (Phi) is 7.28. The Hall–Kier alpha value is -2.12. The van der Waals surface area contributed by atoms with Gasteiger partial charge in [-0.05, 0) is 44.7 Å². The van der Waals surface area contributed by atoms with Crippen molar-refractivity contribution in [1.82, 2.24) is 15.1 Å². The first-order valence-corrected chi connectivity index (χ1v) is 10.3. The topological polar surface area (TPSA) is 73.9 Å². The maximum absolute atomic E-state index is 13.0. The zero-order valence-corrected chi connectivity index (χ0v) is 16.9. The molecule has 2 N–H and O–H groups in total. The molecule has 3 rings (SSSR count). The molecule has 0 radical (unpaired) electrons. The van der Waals surface area contributed by atoms with Crippen molar-refractivity contribution in [3.63, 3.8) is 0 Å². The van der Waals surface area contributed by atoms with E-state index in [0.717, 1.165) is 58.8 Å². The summed E-state index contributed by atoms with van der Waals surface area (Å²) < 4.78 is 5.42. The van der Waals surface area contributed by atoms with E-state index in [1.807, 2.05) is 30.9 Å². The van der Waals surface area contributed by atoms with Crippen LogP contribution in [0.25, 0.3) is 0 Å². The number of rotatable bonds is 5. The lowest BCUT2D eigenvalue weighted by molar-refractivity contribution is 0.0243. The van der Waals surface area contributed by atoms with Crippen LogP contribution in [0.4, 0.5) is 10.5 Å². The summed E-state index contributed by atoms with van der Waals surface area (Å²) in [6.07, 6.45) is 2.04. The summed E-state index contributed by atoms with van der Waals surface area (Å²) in [5.41, 5.74) is 1.11. The molecule has 0 bridgehead atoms. The van der Waals surface area contributed by atoms with Crippen LogP contribution in [0.3, 0.4) is 0 Å². The number of likely N-dealkylation sites (tertiary alicyclic amines) is 1. The van der Waals surface area contributed by atoms with Crippen molar-refractivity contribution in [2.24, 2.45) is 5.92 Å². The Bertz CT molecular complexity index is 665. The number of anilines is 1. The number of amides is 3. The lowest BCUT2D eigenvalue weighted by Gasteiger charge is -2.36. The first kappa shape index (κ1) is 20.6. The lowest BCUT2D eigenvalue weighted by Crippen LogP contribution is -2.44. The molecule has 0 atom stereocenters. The van der Waals surface area contributed by atoms with Gasteiger partial charge >= 0.3 is 6.03 Å². The zero-order valence-electron chi connectivity index (χ0n) is 16.9. The normalized spacial score (nSPS) is 18.9. The molecule has 7 nitrogen and oxygen atoms in total. The highest BCUT2D eigenvalue weighted by atomic mass is 16.5. The number of para-hydroxylation sites is 1. The van der Waals surface area contributed by atoms with Crippen molar-refractivity contribution >= 4 is 17.6 Å². The van der Waals surface area contributed by atoms with Crippen molar-refractivity contribution in [2.45, 2.75) is 32.7 Å². The number of nitrogens with zero attached hydrogens (tertiary/aromatic N) is 2. The molecule has 2 heterocycles. The van der Waals surface area contributed by atoms with Crippen LogP contribution in [0.1, 0.15) is 37.0 Å². The van der Waals surface area contributed by atoms with Gasteiger partial charge in [0.15, 0.2) is 0 Å². The van der Waals surface area contributed by atoms with Gasteiger partial charge in [0.05, 0.1) is 24.5 Å². The minimum atomic E-state index is -0.292. The molecule has 2 saturated heterocycles. The molecule has 0 spiro atoms. The van der Waals surface area contributed by atoms with E-state index in [-0.39, 0.29) is 18.0 Å². The van der Waals surface area contributed by atoms with Gasteiger partial charge in [0.25, 0.3) is 5.91 Å². The first-order chi connectivity index (χ1) is 13.5. The smallest absolute Gasteiger partial charge is 0.319 e. The predicted octanol–water partition coefficient (Wildman–Crippen LogP) is 2.40. The number of hydrogen-bond acceptors (Lipinski definition) is 4. The number of urea groups is 1. The molecule has 0 saturated carbocycles. The van der Waals surface area contributed by atoms with E-state index in [1.54, 1.807) is 12.1 Å². The van der Waals surface area contributed by atoms with Crippen molar-refractivity contribution in [3.05, 3.63) is 29.8 Å². The average molecular weight is 389 g/mol. The van der Waals surface area contributed by atoms with Crippen molar-refractivity contribution in [3.8, 4) is 0 Å². The SMILES string of the molecule is CC(C)NC(=O)Nc1ccccc1C(=O)N1CCC(CN2CCOCC2)CC1. The highest BCUT2D eigenvalue weighted by Gasteiger charge is 2.26. The van der Waals surface area contributed by atoms with E-state index >= 15 is 0 Å². The Labute approximate surface area is 167 Å². The maximum atomic E-state index is 13.0. The van der Waals surface area contributed by atoms with Gasteiger partial charge in [-0.3, -0.25) is 9.69 Å². The van der Waals surface area contributed by atoms with Crippen LogP contribution in [0.2, 0.25) is 0 Å². The van der Waals surface area contributed by atoms with Crippen LogP contribution in [-0.4, -0.2) is 73.7 Å². The monoisotopic (exact) mass is 388 g/mol. The number of hydrogen-bond donors (Lipinski definition) is 2. The van der Waals surface area contributed by atoms with E-state index in [1.165, 1.54) is 0 Å². The first-order valence-electron chi connectivity index (χ1n) is 10.3. The van der Waals surface area contributed by atoms with Crippen LogP contribution in [0, 0.1) is 5.92 Å². The zero-order chi connectivity index (χ0) is 19.9. The van der Waals surface area contributed by atoms with Crippen LogP contribution >= 0.6 is 0 Å². The fourth-order valence-electron chi connectivity index (χ4n) is 3.84. The Morgan fingerprint density at radius 1 is 1.11 bits per heavy atom. The van der Waals surface area contributed by atoms with Gasteiger partial charge in [-0.15, -0.1) is 0 Å². The molecule has 1 aromatic carbocycles. The highest BCUT2D eigenvalue weighted by Crippen LogP contribution is 2.23. The molecular weight excluding hydrogens is 356 g/mol. The summed E-state index contributed by atoms with van der Waals surface area (Å²) >= 11 is 0. The molecular formula is C21H32N4O3. The van der Waals surface area contributed by atoms with E-state index in [2.05, 4.69) is 15.5 Å². The second-order valence-corrected chi connectivity index (χ2v) is 7.95. The summed E-state index contributed by atoms with van der Waals surface area (Å²) in [4.78, 5) is 29.5. The maximum Gasteiger partial charge on any atom is 0.319 e. The van der Waals surface area contributed by atoms with Gasteiger partial charge in [0.1, 0.15) is 0 Å². The summed E-state index contributed by atoms with van der Waals surface area (Å²) in [5.74, 6) is 0.623. The van der Waals surface area contributed by atoms with Crippen LogP contribution in [-0.2, 0) is 4.74 Å². The van der Waals surface area contributed by atoms with Crippen LogP contribution < -0.4 is 10.6 Å². The number of morpholine rings is 1. The van der Waals surface area contributed by atoms with Crippen LogP contribution in [0.5, 0.6) is 0 Å². The molecule has 2 aliphatic rings. The summed E-state index contributed by atoms with van der Waals surface area (Å²) in [6.45, 7) is 10.1. The third-order valence-electron chi connectivity index (χ3n) is 5.35. The molecule has 0 aliphatic carbocycles. The fraction of sp³-hybridized carbons (Fsp3) is 0.619. The second-order valence-electron chi connectivity index (χ2n) is 7.95. The van der Waals surface area contributed by atoms with Gasteiger partial charge in [-0.25, -0.2) is 4.79 Å². The number of benzene rings is 1. The molecule has 3 amide bonds. The summed E-state index contributed by atoms with van der Waals surface area (Å²) in [5, 5.41) is 5.60. The molecule has 7 heteroatoms. The largest absolute Gasteiger partial charge is 0.379 e. The molecule has 28 heavy (non-hydrogen) atoms. The number of carbonyl (C=O) groups is 2. The molecule has 2 fully saturated rings. The van der Waals surface area contributed by atoms with E-state index in [9.17, 15) is 9.59 Å². The standard InChI is InChI=1S/C21H32N4O3/c1-16(2)22-21(27)23-19-6-4-3-5-18(19)20(26)25-9-7-17(8-10-25)15-24-11-13-28-14-12-24/h3-6,16-17H,7-15H2,1-2H3,(H2,22,23,27). The summed E-state index contributed by atoms with van der Waals surface area (Å²) in [7, 11) is 0. The van der Waals surface area contributed by atoms with Crippen molar-refractivity contribution < 1.29 is 14.3 Å². The molecule has 0 aromatic heterocycles. The molecule has 0 unspecified atom stereocenters. The lowest BCUT2D eigenvalue weighted by atomic mass is 9.95. The highest BCUT2D eigenvalue weighted by molar-refractivity contribution is 6.03. The quantitative estimate of drug-likeness (QED) is 0.812. The number of ether oxygens (including phenoxy) is 1. The molecule has 154 valence electrons. The third kappa shape index (κ3) is 5.69. The van der Waals surface area contributed by atoms with E-state index < -0.39 is 0 Å². The Morgan fingerprint density at radius 2 is 1.79 bits per heavy atom. The van der Waals surface area contributed by atoms with Gasteiger partial charge < -0.3 is 20.3 Å². The summed E-state index contributed by atoms with van der Waals surface area (Å²) in [6, 6.07) is 6.97. The van der Waals surface area contributed by atoms with Gasteiger partial charge in [-0.1, -0.05) is 12.1 Å². The predicted molar refractivity (Wildman–Crippen MR) is 110 cm³/mol. The minimum absolute atomic E-state index is 0.00901. The van der Waals surface area contributed by atoms with Crippen molar-refractivity contribution in [2.75, 3.05) is 51.3 Å².